The van der Waals surface area contributed by atoms with E-state index >= 15 is 0 Å². The molecular weight excluding hydrogens is 304 g/mol. The van der Waals surface area contributed by atoms with Gasteiger partial charge in [-0.3, -0.25) is 0 Å². The van der Waals surface area contributed by atoms with Gasteiger partial charge >= 0.3 is 0 Å². The molecule has 0 saturated heterocycles. The molecule has 1 N–H and O–H groups in total. The molecule has 0 aromatic carbocycles. The topological polar surface area (TPSA) is 20.2 Å². The lowest BCUT2D eigenvalue weighted by Crippen LogP contribution is -2.23. The Kier molecular flexibility index (Phi) is 4.16. The second-order valence-electron chi connectivity index (χ2n) is 1.61. The zero-order chi connectivity index (χ0) is 6.78. The quantitative estimate of drug-likeness (QED) is 0.776. The van der Waals surface area contributed by atoms with E-state index in [9.17, 15) is 0 Å². The minimum Gasteiger partial charge on any atom is -0.395 e. The van der Waals surface area contributed by atoms with E-state index in [0.29, 0.717) is 0 Å². The zero-order valence-electron chi connectivity index (χ0n) is 4.37. The fourth-order valence-electron chi connectivity index (χ4n) is 0.160. The van der Waals surface area contributed by atoms with Gasteiger partial charge in [-0.05, 0) is 6.92 Å². The Morgan fingerprint density at radius 1 is 1.62 bits per heavy atom. The maximum atomic E-state index is 8.56. The molecular formula is C4H7Br3O. The SMILES string of the molecule is CC(Br)(Br)C(Br)CO. The summed E-state index contributed by atoms with van der Waals surface area (Å²) in [5.74, 6) is 0. The maximum Gasteiger partial charge on any atom is 0.0924 e. The molecule has 1 nitrogen and oxygen atoms in total. The van der Waals surface area contributed by atoms with Gasteiger partial charge in [0.15, 0.2) is 0 Å². The van der Waals surface area contributed by atoms with Crippen molar-refractivity contribution < 1.29 is 5.11 Å². The van der Waals surface area contributed by atoms with Gasteiger partial charge in [0.2, 0.25) is 0 Å². The minimum atomic E-state index is -0.200. The van der Waals surface area contributed by atoms with Crippen LogP contribution in [0.2, 0.25) is 0 Å². The Hall–Kier alpha value is 1.40. The average Bonchev–Trinajstić information content (AvgIpc) is 1.62. The molecule has 0 aromatic rings. The molecule has 0 aliphatic heterocycles. The van der Waals surface area contributed by atoms with Crippen molar-refractivity contribution in [2.75, 3.05) is 6.61 Å². The van der Waals surface area contributed by atoms with Crippen molar-refractivity contribution in [1.82, 2.24) is 0 Å². The lowest BCUT2D eigenvalue weighted by atomic mass is 10.4. The van der Waals surface area contributed by atoms with Gasteiger partial charge in [-0.25, -0.2) is 0 Å². The molecule has 4 heteroatoms. The van der Waals surface area contributed by atoms with Crippen LogP contribution in [0.3, 0.4) is 0 Å². The van der Waals surface area contributed by atoms with E-state index in [1.165, 1.54) is 0 Å². The molecule has 50 valence electrons. The first-order chi connectivity index (χ1) is 3.48. The number of aliphatic hydroxyl groups excluding tert-OH is 1. The molecule has 0 aromatic heterocycles. The molecule has 0 saturated carbocycles. The first-order valence-corrected chi connectivity index (χ1v) is 4.61. The van der Waals surface area contributed by atoms with Gasteiger partial charge in [-0.1, -0.05) is 47.8 Å². The third-order valence-corrected chi connectivity index (χ3v) is 4.25. The first kappa shape index (κ1) is 9.40. The van der Waals surface area contributed by atoms with Gasteiger partial charge in [0.1, 0.15) is 0 Å². The summed E-state index contributed by atoms with van der Waals surface area (Å²) in [6, 6.07) is 0. The van der Waals surface area contributed by atoms with Gasteiger partial charge in [-0.15, -0.1) is 0 Å². The number of halogens is 3. The van der Waals surface area contributed by atoms with Crippen LogP contribution in [0, 0.1) is 0 Å². The summed E-state index contributed by atoms with van der Waals surface area (Å²) in [5.41, 5.74) is 0. The molecule has 0 radical (unpaired) electrons. The predicted octanol–water partition coefficient (Wildman–Crippen LogP) is 2.25. The minimum absolute atomic E-state index is 0.0509. The number of hydrogen-bond donors (Lipinski definition) is 1. The van der Waals surface area contributed by atoms with Gasteiger partial charge in [0.25, 0.3) is 0 Å². The summed E-state index contributed by atoms with van der Waals surface area (Å²) in [6.07, 6.45) is 0. The first-order valence-electron chi connectivity index (χ1n) is 2.11. The molecule has 0 fully saturated rings. The van der Waals surface area contributed by atoms with Crippen LogP contribution < -0.4 is 0 Å². The average molecular weight is 311 g/mol. The normalized spacial score (nSPS) is 16.1. The molecule has 0 heterocycles. The highest BCUT2D eigenvalue weighted by Crippen LogP contribution is 2.33. The molecule has 0 aliphatic rings. The van der Waals surface area contributed by atoms with Crippen molar-refractivity contribution in [1.29, 1.82) is 0 Å². The fourth-order valence-corrected chi connectivity index (χ4v) is 0.450. The molecule has 0 rings (SSSR count). The molecule has 0 amide bonds. The van der Waals surface area contributed by atoms with Crippen molar-refractivity contribution in [2.45, 2.75) is 15.0 Å². The summed E-state index contributed by atoms with van der Waals surface area (Å²) in [5, 5.41) is 8.56. The number of hydrogen-bond acceptors (Lipinski definition) is 1. The van der Waals surface area contributed by atoms with E-state index in [1.807, 2.05) is 6.92 Å². The highest BCUT2D eigenvalue weighted by molar-refractivity contribution is 9.26. The molecule has 0 aliphatic carbocycles. The van der Waals surface area contributed by atoms with Gasteiger partial charge < -0.3 is 5.11 Å². The Balaban J connectivity index is 3.62. The second-order valence-corrected chi connectivity index (χ2v) is 7.07. The van der Waals surface area contributed by atoms with Crippen LogP contribution in [0.25, 0.3) is 0 Å². The molecule has 8 heavy (non-hydrogen) atoms. The summed E-state index contributed by atoms with van der Waals surface area (Å²) in [6.45, 7) is 2.04. The number of rotatable bonds is 2. The molecule has 1 unspecified atom stereocenters. The highest BCUT2D eigenvalue weighted by atomic mass is 79.9. The fraction of sp³-hybridized carbons (Fsp3) is 1.00. The monoisotopic (exact) mass is 308 g/mol. The number of aliphatic hydroxyl groups is 1. The summed E-state index contributed by atoms with van der Waals surface area (Å²) >= 11 is 9.88. The van der Waals surface area contributed by atoms with Crippen LogP contribution in [-0.4, -0.2) is 19.8 Å². The summed E-state index contributed by atoms with van der Waals surface area (Å²) in [4.78, 5) is 0.0509. The maximum absolute atomic E-state index is 8.56. The van der Waals surface area contributed by atoms with Crippen LogP contribution in [0.5, 0.6) is 0 Å². The molecule has 1 atom stereocenters. The summed E-state index contributed by atoms with van der Waals surface area (Å²) < 4.78 is -0.200. The van der Waals surface area contributed by atoms with Crippen LogP contribution in [0.1, 0.15) is 6.92 Å². The third-order valence-electron chi connectivity index (χ3n) is 0.710. The Morgan fingerprint density at radius 2 is 2.00 bits per heavy atom. The van der Waals surface area contributed by atoms with Gasteiger partial charge in [-0.2, -0.15) is 0 Å². The standard InChI is InChI=1S/C4H7Br3O/c1-4(6,7)3(5)2-8/h3,8H,2H2,1H3. The van der Waals surface area contributed by atoms with E-state index in [1.54, 1.807) is 0 Å². The highest BCUT2D eigenvalue weighted by Gasteiger charge is 2.24. The third kappa shape index (κ3) is 3.43. The van der Waals surface area contributed by atoms with Crippen LogP contribution in [0.4, 0.5) is 0 Å². The van der Waals surface area contributed by atoms with E-state index in [2.05, 4.69) is 47.8 Å². The van der Waals surface area contributed by atoms with Gasteiger partial charge in [0.05, 0.1) is 14.7 Å². The predicted molar refractivity (Wildman–Crippen MR) is 46.1 cm³/mol. The van der Waals surface area contributed by atoms with Crippen LogP contribution in [-0.2, 0) is 0 Å². The largest absolute Gasteiger partial charge is 0.395 e. The van der Waals surface area contributed by atoms with Crippen molar-refractivity contribution in [3.05, 3.63) is 0 Å². The molecule has 0 spiro atoms. The van der Waals surface area contributed by atoms with Crippen molar-refractivity contribution in [3.8, 4) is 0 Å². The Labute approximate surface area is 74.2 Å². The van der Waals surface area contributed by atoms with Gasteiger partial charge in [0, 0.05) is 0 Å². The van der Waals surface area contributed by atoms with E-state index in [0.717, 1.165) is 0 Å². The summed E-state index contributed by atoms with van der Waals surface area (Å²) in [7, 11) is 0. The smallest absolute Gasteiger partial charge is 0.0924 e. The number of alkyl halides is 3. The van der Waals surface area contributed by atoms with E-state index in [-0.39, 0.29) is 14.7 Å². The van der Waals surface area contributed by atoms with Crippen molar-refractivity contribution >= 4 is 47.8 Å². The van der Waals surface area contributed by atoms with Crippen molar-refractivity contribution in [3.63, 3.8) is 0 Å². The van der Waals surface area contributed by atoms with E-state index < -0.39 is 0 Å². The Morgan fingerprint density at radius 3 is 2.00 bits per heavy atom. The zero-order valence-corrected chi connectivity index (χ0v) is 9.12. The van der Waals surface area contributed by atoms with Crippen LogP contribution in [0.15, 0.2) is 0 Å². The van der Waals surface area contributed by atoms with Crippen LogP contribution >= 0.6 is 47.8 Å². The molecule has 0 bridgehead atoms. The van der Waals surface area contributed by atoms with Crippen molar-refractivity contribution in [2.24, 2.45) is 0 Å². The second kappa shape index (κ2) is 3.54. The lowest BCUT2D eigenvalue weighted by molar-refractivity contribution is 0.294. The van der Waals surface area contributed by atoms with E-state index in [4.69, 9.17) is 5.11 Å². The lowest BCUT2D eigenvalue weighted by Gasteiger charge is -2.18. The Bertz CT molecular complexity index is 68.2.